The lowest BCUT2D eigenvalue weighted by molar-refractivity contribution is -0.138. The summed E-state index contributed by atoms with van der Waals surface area (Å²) >= 11 is 0. The van der Waals surface area contributed by atoms with Gasteiger partial charge in [0.05, 0.1) is 12.7 Å². The quantitative estimate of drug-likeness (QED) is 0.747. The number of likely N-dealkylation sites (N-methyl/N-ethyl adjacent to an activating group) is 1. The minimum Gasteiger partial charge on any atom is -0.327 e. The maximum Gasteiger partial charge on any atom is 0.240 e. The van der Waals surface area contributed by atoms with Crippen LogP contribution < -0.4 is 5.32 Å². The van der Waals surface area contributed by atoms with E-state index in [1.165, 1.54) is 0 Å². The van der Waals surface area contributed by atoms with Crippen molar-refractivity contribution < 1.29 is 4.79 Å². The zero-order valence-electron chi connectivity index (χ0n) is 12.7. The van der Waals surface area contributed by atoms with Gasteiger partial charge in [-0.2, -0.15) is 0 Å². The molecule has 1 heterocycles. The predicted octanol–water partition coefficient (Wildman–Crippen LogP) is 0.589. The molecule has 1 aliphatic heterocycles. The summed E-state index contributed by atoms with van der Waals surface area (Å²) in [5.41, 5.74) is 0.189. The highest BCUT2D eigenvalue weighted by molar-refractivity contribution is 5.82. The zero-order chi connectivity index (χ0) is 13.9. The highest BCUT2D eigenvalue weighted by Gasteiger charge is 2.34. The average molecular weight is 256 g/mol. The SMILES string of the molecule is CNC1CCC(C)(C)CN(CN(C)N(C)C)C1=O. The molecule has 5 heteroatoms. The molecule has 1 rings (SSSR count). The third kappa shape index (κ3) is 3.93. The van der Waals surface area contributed by atoms with E-state index < -0.39 is 0 Å². The smallest absolute Gasteiger partial charge is 0.240 e. The molecular formula is C13H28N4O. The summed E-state index contributed by atoms with van der Waals surface area (Å²) < 4.78 is 0. The Morgan fingerprint density at radius 3 is 2.50 bits per heavy atom. The zero-order valence-corrected chi connectivity index (χ0v) is 12.7. The largest absolute Gasteiger partial charge is 0.327 e. The molecule has 5 nitrogen and oxygen atoms in total. The first kappa shape index (κ1) is 15.4. The first-order valence-corrected chi connectivity index (χ1v) is 6.61. The number of hydrazine groups is 1. The van der Waals surface area contributed by atoms with E-state index in [0.717, 1.165) is 19.4 Å². The molecule has 0 saturated carbocycles. The molecule has 0 spiro atoms. The van der Waals surface area contributed by atoms with Crippen LogP contribution in [0.5, 0.6) is 0 Å². The minimum absolute atomic E-state index is 0.0395. The van der Waals surface area contributed by atoms with E-state index in [-0.39, 0.29) is 17.4 Å². The van der Waals surface area contributed by atoms with Crippen LogP contribution in [0.1, 0.15) is 26.7 Å². The van der Waals surface area contributed by atoms with E-state index in [1.54, 1.807) is 0 Å². The van der Waals surface area contributed by atoms with Crippen molar-refractivity contribution in [3.63, 3.8) is 0 Å². The van der Waals surface area contributed by atoms with Gasteiger partial charge in [0, 0.05) is 27.7 Å². The van der Waals surface area contributed by atoms with Crippen molar-refractivity contribution >= 4 is 5.91 Å². The normalized spacial score (nSPS) is 24.8. The number of rotatable bonds is 4. The van der Waals surface area contributed by atoms with Crippen molar-refractivity contribution in [2.24, 2.45) is 5.41 Å². The average Bonchev–Trinajstić information content (AvgIpc) is 2.37. The van der Waals surface area contributed by atoms with Gasteiger partial charge in [0.15, 0.2) is 0 Å². The van der Waals surface area contributed by atoms with Crippen LogP contribution >= 0.6 is 0 Å². The summed E-state index contributed by atoms with van der Waals surface area (Å²) in [5.74, 6) is 0.219. The van der Waals surface area contributed by atoms with Gasteiger partial charge >= 0.3 is 0 Å². The molecule has 18 heavy (non-hydrogen) atoms. The van der Waals surface area contributed by atoms with Crippen LogP contribution in [0.3, 0.4) is 0 Å². The van der Waals surface area contributed by atoms with Gasteiger partial charge in [0.1, 0.15) is 0 Å². The van der Waals surface area contributed by atoms with Crippen molar-refractivity contribution in [2.75, 3.05) is 41.4 Å². The molecule has 0 aromatic carbocycles. The molecule has 1 saturated heterocycles. The van der Waals surface area contributed by atoms with E-state index in [4.69, 9.17) is 0 Å². The number of hydrogen-bond acceptors (Lipinski definition) is 4. The fraction of sp³-hybridized carbons (Fsp3) is 0.923. The van der Waals surface area contributed by atoms with Crippen molar-refractivity contribution in [2.45, 2.75) is 32.7 Å². The maximum atomic E-state index is 12.4. The highest BCUT2D eigenvalue weighted by atomic mass is 16.2. The van der Waals surface area contributed by atoms with Crippen LogP contribution in [0.15, 0.2) is 0 Å². The van der Waals surface area contributed by atoms with E-state index >= 15 is 0 Å². The summed E-state index contributed by atoms with van der Waals surface area (Å²) in [4.78, 5) is 14.4. The maximum absolute atomic E-state index is 12.4. The Balaban J connectivity index is 2.80. The molecule has 1 fully saturated rings. The molecule has 1 amide bonds. The van der Waals surface area contributed by atoms with Crippen molar-refractivity contribution in [3.8, 4) is 0 Å². The second kappa shape index (κ2) is 5.99. The standard InChI is InChI=1S/C13H28N4O/c1-13(2)8-7-11(14-3)12(18)17(9-13)10-16(6)15(4)5/h11,14H,7-10H2,1-6H3. The van der Waals surface area contributed by atoms with Crippen molar-refractivity contribution in [3.05, 3.63) is 0 Å². The van der Waals surface area contributed by atoms with Crippen LogP contribution in [0.4, 0.5) is 0 Å². The van der Waals surface area contributed by atoms with Crippen LogP contribution in [0, 0.1) is 5.41 Å². The predicted molar refractivity (Wildman–Crippen MR) is 73.9 cm³/mol. The lowest BCUT2D eigenvalue weighted by atomic mass is 9.87. The van der Waals surface area contributed by atoms with Gasteiger partial charge in [0.25, 0.3) is 0 Å². The number of nitrogens with zero attached hydrogens (tertiary/aromatic N) is 3. The van der Waals surface area contributed by atoms with Gasteiger partial charge in [-0.25, -0.2) is 10.0 Å². The second-order valence-electron chi connectivity index (χ2n) is 6.23. The number of hydrogen-bond donors (Lipinski definition) is 1. The lowest BCUT2D eigenvalue weighted by Crippen LogP contribution is -2.51. The summed E-state index contributed by atoms with van der Waals surface area (Å²) in [6, 6.07) is -0.0395. The third-order valence-electron chi connectivity index (χ3n) is 3.75. The monoisotopic (exact) mass is 256 g/mol. The summed E-state index contributed by atoms with van der Waals surface area (Å²) in [7, 11) is 7.85. The number of amides is 1. The first-order valence-electron chi connectivity index (χ1n) is 6.61. The molecule has 0 radical (unpaired) electrons. The topological polar surface area (TPSA) is 38.8 Å². The number of likely N-dealkylation sites (tertiary alicyclic amines) is 1. The van der Waals surface area contributed by atoms with Crippen molar-refractivity contribution in [1.82, 2.24) is 20.2 Å². The Kier molecular flexibility index (Phi) is 5.13. The third-order valence-corrected chi connectivity index (χ3v) is 3.75. The summed E-state index contributed by atoms with van der Waals surface area (Å²) in [6.07, 6.45) is 2.00. The Bertz CT molecular complexity index is 291. The van der Waals surface area contributed by atoms with Crippen LogP contribution in [-0.2, 0) is 4.79 Å². The first-order chi connectivity index (χ1) is 8.26. The Morgan fingerprint density at radius 2 is 2.00 bits per heavy atom. The molecular weight excluding hydrogens is 228 g/mol. The van der Waals surface area contributed by atoms with Crippen LogP contribution in [0.2, 0.25) is 0 Å². The van der Waals surface area contributed by atoms with Gasteiger partial charge in [0.2, 0.25) is 5.91 Å². The van der Waals surface area contributed by atoms with Crippen LogP contribution in [-0.4, -0.2) is 68.3 Å². The fourth-order valence-corrected chi connectivity index (χ4v) is 2.31. The molecule has 0 bridgehead atoms. The molecule has 1 aliphatic rings. The van der Waals surface area contributed by atoms with Crippen molar-refractivity contribution in [1.29, 1.82) is 0 Å². The van der Waals surface area contributed by atoms with Crippen LogP contribution in [0.25, 0.3) is 0 Å². The van der Waals surface area contributed by atoms with E-state index in [1.807, 2.05) is 43.1 Å². The molecule has 0 aliphatic carbocycles. The molecule has 0 aromatic heterocycles. The Hall–Kier alpha value is -0.650. The number of carbonyl (C=O) groups is 1. The summed E-state index contributed by atoms with van der Waals surface area (Å²) in [5, 5.41) is 7.19. The van der Waals surface area contributed by atoms with Gasteiger partial charge < -0.3 is 10.2 Å². The summed E-state index contributed by atoms with van der Waals surface area (Å²) in [6.45, 7) is 5.94. The molecule has 1 atom stereocenters. The number of nitrogens with one attached hydrogen (secondary N) is 1. The van der Waals surface area contributed by atoms with Gasteiger partial charge in [-0.05, 0) is 25.3 Å². The molecule has 106 valence electrons. The molecule has 1 unspecified atom stereocenters. The highest BCUT2D eigenvalue weighted by Crippen LogP contribution is 2.28. The molecule has 0 aromatic rings. The fourth-order valence-electron chi connectivity index (χ4n) is 2.31. The Labute approximate surface area is 111 Å². The number of carbonyl (C=O) groups excluding carboxylic acids is 1. The van der Waals surface area contributed by atoms with Gasteiger partial charge in [-0.15, -0.1) is 0 Å². The lowest BCUT2D eigenvalue weighted by Gasteiger charge is -2.35. The molecule has 1 N–H and O–H groups in total. The van der Waals surface area contributed by atoms with Gasteiger partial charge in [-0.1, -0.05) is 13.8 Å². The minimum atomic E-state index is -0.0395. The van der Waals surface area contributed by atoms with E-state index in [2.05, 4.69) is 19.2 Å². The van der Waals surface area contributed by atoms with E-state index in [0.29, 0.717) is 6.67 Å². The second-order valence-corrected chi connectivity index (χ2v) is 6.23. The van der Waals surface area contributed by atoms with E-state index in [9.17, 15) is 4.79 Å². The Morgan fingerprint density at radius 1 is 1.39 bits per heavy atom. The van der Waals surface area contributed by atoms with Gasteiger partial charge in [-0.3, -0.25) is 4.79 Å².